The number of carbonyl (C=O) groups is 1. The summed E-state index contributed by atoms with van der Waals surface area (Å²) in [5, 5.41) is 14.5. The quantitative estimate of drug-likeness (QED) is 0.564. The van der Waals surface area contributed by atoms with E-state index in [0.717, 1.165) is 42.8 Å². The van der Waals surface area contributed by atoms with Crippen molar-refractivity contribution >= 4 is 26.8 Å². The number of pyridine rings is 1. The zero-order chi connectivity index (χ0) is 25.5. The predicted molar refractivity (Wildman–Crippen MR) is 136 cm³/mol. The van der Waals surface area contributed by atoms with E-state index in [1.807, 2.05) is 38.1 Å². The Morgan fingerprint density at radius 1 is 1.20 bits per heavy atom. The molecule has 2 bridgehead atoms. The molecule has 0 radical (unpaired) electrons. The summed E-state index contributed by atoms with van der Waals surface area (Å²) >= 11 is 0. The number of aliphatic hydroxyl groups is 1. The zero-order valence-electron chi connectivity index (χ0n) is 20.8. The molecule has 192 valence electrons. The van der Waals surface area contributed by atoms with Crippen LogP contribution in [0.1, 0.15) is 55.9 Å². The fourth-order valence-electron chi connectivity index (χ4n) is 5.65. The predicted octanol–water partition coefficient (Wildman–Crippen LogP) is 1.56. The molecule has 2 aliphatic rings. The fourth-order valence-corrected chi connectivity index (χ4v) is 6.09. The van der Waals surface area contributed by atoms with Gasteiger partial charge in [-0.25, -0.2) is 12.7 Å². The van der Waals surface area contributed by atoms with Gasteiger partial charge in [-0.2, -0.15) is 0 Å². The number of nitrogens with zero attached hydrogens (tertiary/aromatic N) is 3. The first-order valence-corrected chi connectivity index (χ1v) is 14.1. The van der Waals surface area contributed by atoms with E-state index in [1.165, 1.54) is 11.4 Å². The van der Waals surface area contributed by atoms with Crippen molar-refractivity contribution in [2.45, 2.75) is 69.8 Å². The van der Waals surface area contributed by atoms with Crippen LogP contribution in [0.2, 0.25) is 0 Å². The highest BCUT2D eigenvalue weighted by atomic mass is 32.2. The molecule has 2 saturated heterocycles. The van der Waals surface area contributed by atoms with Crippen LogP contribution < -0.4 is 10.9 Å². The highest BCUT2D eigenvalue weighted by Gasteiger charge is 2.42. The summed E-state index contributed by atoms with van der Waals surface area (Å²) in [7, 11) is -1.88. The third-order valence-corrected chi connectivity index (χ3v) is 8.66. The number of likely N-dealkylation sites (N-methyl/N-ethyl adjacent to an activating group) is 1. The molecule has 9 nitrogen and oxygen atoms in total. The maximum Gasteiger partial charge on any atom is 0.264 e. The molecule has 4 rings (SSSR count). The average molecular weight is 505 g/mol. The van der Waals surface area contributed by atoms with Crippen LogP contribution in [-0.4, -0.2) is 83.8 Å². The fraction of sp³-hybridized carbons (Fsp3) is 0.600. The number of benzene rings is 1. The van der Waals surface area contributed by atoms with Gasteiger partial charge < -0.3 is 15.0 Å². The number of nitrogens with one attached hydrogen (secondary N) is 1. The van der Waals surface area contributed by atoms with Gasteiger partial charge in [-0.15, -0.1) is 0 Å². The van der Waals surface area contributed by atoms with Gasteiger partial charge in [-0.05, 0) is 57.0 Å². The molecule has 0 spiro atoms. The normalized spacial score (nSPS) is 23.8. The second kappa shape index (κ2) is 10.0. The first kappa shape index (κ1) is 25.8. The minimum Gasteiger partial charge on any atom is -0.390 e. The Kier molecular flexibility index (Phi) is 7.38. The zero-order valence-corrected chi connectivity index (χ0v) is 21.7. The van der Waals surface area contributed by atoms with Crippen molar-refractivity contribution < 1.29 is 18.3 Å². The van der Waals surface area contributed by atoms with E-state index in [9.17, 15) is 23.1 Å². The average Bonchev–Trinajstić information content (AvgIpc) is 2.99. The molecular formula is C25H36N4O5S. The number of rotatable bonds is 8. The number of hydrogen-bond donors (Lipinski definition) is 2. The van der Waals surface area contributed by atoms with Crippen molar-refractivity contribution in [3.8, 4) is 0 Å². The molecule has 2 fully saturated rings. The van der Waals surface area contributed by atoms with Crippen LogP contribution in [0.5, 0.6) is 0 Å². The molecule has 2 aromatic rings. The number of amides is 1. The van der Waals surface area contributed by atoms with Gasteiger partial charge in [0.2, 0.25) is 10.0 Å². The van der Waals surface area contributed by atoms with Gasteiger partial charge in [0.15, 0.2) is 0 Å². The molecule has 1 aromatic heterocycles. The van der Waals surface area contributed by atoms with Crippen LogP contribution in [0.15, 0.2) is 35.1 Å². The smallest absolute Gasteiger partial charge is 0.264 e. The number of piperidine rings is 1. The summed E-state index contributed by atoms with van der Waals surface area (Å²) < 4.78 is 26.1. The summed E-state index contributed by atoms with van der Waals surface area (Å²) in [6, 6.07) is 9.57. The van der Waals surface area contributed by atoms with Crippen LogP contribution in [0.4, 0.5) is 0 Å². The highest BCUT2D eigenvalue weighted by molar-refractivity contribution is 7.88. The van der Waals surface area contributed by atoms with E-state index >= 15 is 0 Å². The second-order valence-corrected chi connectivity index (χ2v) is 12.4. The largest absolute Gasteiger partial charge is 0.390 e. The summed E-state index contributed by atoms with van der Waals surface area (Å²) in [5.41, 5.74) is 0.691. The topological polar surface area (TPSA) is 112 Å². The Bertz CT molecular complexity index is 1240. The molecule has 1 aromatic carbocycles. The van der Waals surface area contributed by atoms with Gasteiger partial charge in [0.1, 0.15) is 5.56 Å². The molecule has 4 atom stereocenters. The van der Waals surface area contributed by atoms with Gasteiger partial charge in [0.25, 0.3) is 11.5 Å². The molecule has 2 unspecified atom stereocenters. The molecule has 10 heteroatoms. The van der Waals surface area contributed by atoms with Gasteiger partial charge in [-0.3, -0.25) is 14.5 Å². The van der Waals surface area contributed by atoms with Crippen LogP contribution in [-0.2, 0) is 10.0 Å². The van der Waals surface area contributed by atoms with Crippen LogP contribution in [0.25, 0.3) is 10.9 Å². The molecule has 3 heterocycles. The minimum atomic E-state index is -3.34. The van der Waals surface area contributed by atoms with E-state index in [4.69, 9.17) is 0 Å². The van der Waals surface area contributed by atoms with Crippen molar-refractivity contribution in [3.63, 3.8) is 0 Å². The summed E-state index contributed by atoms with van der Waals surface area (Å²) in [5.74, 6) is -0.345. The Morgan fingerprint density at radius 3 is 2.43 bits per heavy atom. The molecule has 2 aliphatic heterocycles. The van der Waals surface area contributed by atoms with E-state index in [0.29, 0.717) is 6.54 Å². The summed E-state index contributed by atoms with van der Waals surface area (Å²) in [4.78, 5) is 28.7. The third-order valence-electron chi connectivity index (χ3n) is 7.38. The molecule has 0 aliphatic carbocycles. The SMILES string of the molecule is CC(C)n1c(=O)c(C(=O)NC2C[C@H]3CC[C@@H](C2)N3CC(O)CN(C)S(C)(=O)=O)cc2ccccc21. The first-order valence-electron chi connectivity index (χ1n) is 12.3. The van der Waals surface area contributed by atoms with E-state index in [2.05, 4.69) is 10.2 Å². The highest BCUT2D eigenvalue weighted by Crippen LogP contribution is 2.36. The van der Waals surface area contributed by atoms with E-state index in [1.54, 1.807) is 10.6 Å². The Labute approximate surface area is 206 Å². The van der Waals surface area contributed by atoms with Crippen molar-refractivity contribution in [1.82, 2.24) is 19.1 Å². The monoisotopic (exact) mass is 504 g/mol. The lowest BCUT2D eigenvalue weighted by Crippen LogP contribution is -2.53. The number of hydrogen-bond acceptors (Lipinski definition) is 6. The number of aromatic nitrogens is 1. The Hall–Kier alpha value is -2.27. The standard InChI is InChI=1S/C25H36N4O5S/c1-16(2)29-23-8-6-5-7-17(23)11-22(25(29)32)24(31)26-18-12-19-9-10-20(13-18)28(19)15-21(30)14-27(3)35(4,33)34/h5-8,11,16,18-21,30H,9-10,12-15H2,1-4H3,(H,26,31)/t18?,19-,20+,21?. The lowest BCUT2D eigenvalue weighted by atomic mass is 9.96. The van der Waals surface area contributed by atoms with Gasteiger partial charge >= 0.3 is 0 Å². The summed E-state index contributed by atoms with van der Waals surface area (Å²) in [6.45, 7) is 4.33. The number of sulfonamides is 1. The van der Waals surface area contributed by atoms with Crippen LogP contribution in [0.3, 0.4) is 0 Å². The van der Waals surface area contributed by atoms with E-state index in [-0.39, 0.29) is 47.7 Å². The molecule has 2 N–H and O–H groups in total. The van der Waals surface area contributed by atoms with Gasteiger partial charge in [0, 0.05) is 44.3 Å². The third kappa shape index (κ3) is 5.45. The van der Waals surface area contributed by atoms with Crippen molar-refractivity contribution in [3.05, 3.63) is 46.2 Å². The van der Waals surface area contributed by atoms with Crippen molar-refractivity contribution in [2.24, 2.45) is 0 Å². The number of carbonyl (C=O) groups excluding carboxylic acids is 1. The number of aliphatic hydroxyl groups excluding tert-OH is 1. The van der Waals surface area contributed by atoms with E-state index < -0.39 is 16.1 Å². The first-order chi connectivity index (χ1) is 16.5. The number of para-hydroxylation sites is 1. The van der Waals surface area contributed by atoms with Gasteiger partial charge in [0.05, 0.1) is 17.9 Å². The van der Waals surface area contributed by atoms with Crippen LogP contribution in [0, 0.1) is 0 Å². The van der Waals surface area contributed by atoms with Gasteiger partial charge in [-0.1, -0.05) is 18.2 Å². The minimum absolute atomic E-state index is 0.0505. The Balaban J connectivity index is 1.44. The lowest BCUT2D eigenvalue weighted by molar-refractivity contribution is 0.0448. The molecule has 1 amide bonds. The summed E-state index contributed by atoms with van der Waals surface area (Å²) in [6.07, 6.45) is 3.77. The molecular weight excluding hydrogens is 468 g/mol. The van der Waals surface area contributed by atoms with Crippen molar-refractivity contribution in [2.75, 3.05) is 26.4 Å². The van der Waals surface area contributed by atoms with Crippen LogP contribution >= 0.6 is 0 Å². The molecule has 35 heavy (non-hydrogen) atoms. The maximum atomic E-state index is 13.2. The Morgan fingerprint density at radius 2 is 1.83 bits per heavy atom. The van der Waals surface area contributed by atoms with Crippen molar-refractivity contribution in [1.29, 1.82) is 0 Å². The number of fused-ring (bicyclic) bond motifs is 3. The maximum absolute atomic E-state index is 13.2. The molecule has 0 saturated carbocycles. The lowest BCUT2D eigenvalue weighted by Gasteiger charge is -2.40. The second-order valence-electron chi connectivity index (χ2n) is 10.3.